The Morgan fingerprint density at radius 1 is 1.27 bits per heavy atom. The van der Waals surface area contributed by atoms with E-state index in [1.807, 2.05) is 0 Å². The minimum absolute atomic E-state index is 0.000998. The van der Waals surface area contributed by atoms with Crippen LogP contribution in [0.1, 0.15) is 11.1 Å². The van der Waals surface area contributed by atoms with Gasteiger partial charge in [-0.2, -0.15) is 0 Å². The highest BCUT2D eigenvalue weighted by Crippen LogP contribution is 2.41. The normalized spacial score (nSPS) is 14.7. The number of nitrogens with zero attached hydrogens (tertiary/aromatic N) is 3. The molecule has 0 atom stereocenters. The summed E-state index contributed by atoms with van der Waals surface area (Å²) in [5.41, 5.74) is 0.533. The maximum atomic E-state index is 12.8. The van der Waals surface area contributed by atoms with Crippen molar-refractivity contribution in [3.63, 3.8) is 0 Å². The Morgan fingerprint density at radius 2 is 2.00 bits per heavy atom. The molecule has 3 aromatic rings. The lowest BCUT2D eigenvalue weighted by atomic mass is 10.0. The van der Waals surface area contributed by atoms with Crippen LogP contribution in [0.4, 0.5) is 24.5 Å². The molecule has 1 aromatic heterocycles. The van der Waals surface area contributed by atoms with Gasteiger partial charge in [-0.1, -0.05) is 23.4 Å². The summed E-state index contributed by atoms with van der Waals surface area (Å²) in [6, 6.07) is 8.51. The molecule has 9 nitrogen and oxygen atoms in total. The maximum Gasteiger partial charge on any atom is 0.573 e. The standard InChI is InChI=1S/C18H11F3N4O5/c1-29-24-15-8-4-2-3-5-10(8)22-16(15)14-9-6-13(30-18(19,20)21)12(25(27)28)7-11(9)23-17(14)26/h2-7,23,26H,1H3. The number of oxime groups is 1. The number of aromatic hydroxyl groups is 1. The molecule has 0 radical (unpaired) electrons. The number of aromatic nitrogens is 1. The van der Waals surface area contributed by atoms with E-state index in [2.05, 4.69) is 19.9 Å². The first-order valence-corrected chi connectivity index (χ1v) is 8.28. The van der Waals surface area contributed by atoms with Crippen LogP contribution in [0.5, 0.6) is 11.6 Å². The number of alkyl halides is 3. The van der Waals surface area contributed by atoms with Crippen molar-refractivity contribution in [2.24, 2.45) is 10.1 Å². The van der Waals surface area contributed by atoms with E-state index in [0.717, 1.165) is 12.1 Å². The van der Waals surface area contributed by atoms with E-state index in [0.29, 0.717) is 11.3 Å². The minimum atomic E-state index is -5.15. The van der Waals surface area contributed by atoms with Gasteiger partial charge in [0, 0.05) is 17.0 Å². The Kier molecular flexibility index (Phi) is 4.33. The van der Waals surface area contributed by atoms with Gasteiger partial charge in [-0.3, -0.25) is 10.1 Å². The quantitative estimate of drug-likeness (QED) is 0.485. The number of rotatable bonds is 4. The molecule has 154 valence electrons. The molecule has 12 heteroatoms. The van der Waals surface area contributed by atoms with Crippen molar-refractivity contribution in [1.29, 1.82) is 0 Å². The van der Waals surface area contributed by atoms with Crippen LogP contribution in [0.15, 0.2) is 46.5 Å². The zero-order valence-corrected chi connectivity index (χ0v) is 15.0. The van der Waals surface area contributed by atoms with Gasteiger partial charge >= 0.3 is 12.0 Å². The van der Waals surface area contributed by atoms with E-state index >= 15 is 0 Å². The van der Waals surface area contributed by atoms with Crippen LogP contribution in [-0.4, -0.2) is 39.9 Å². The number of nitro benzene ring substituents is 1. The molecular formula is C18H11F3N4O5. The maximum absolute atomic E-state index is 12.8. The fraction of sp³-hybridized carbons (Fsp3) is 0.111. The third kappa shape index (κ3) is 3.17. The number of nitro groups is 1. The number of aliphatic imine (C=N–C) groups is 1. The van der Waals surface area contributed by atoms with E-state index in [4.69, 9.17) is 4.84 Å². The van der Waals surface area contributed by atoms with Gasteiger partial charge in [0.15, 0.2) is 5.88 Å². The molecule has 1 aliphatic heterocycles. The molecule has 0 fully saturated rings. The molecular weight excluding hydrogens is 409 g/mol. The van der Waals surface area contributed by atoms with Gasteiger partial charge in [0.05, 0.1) is 21.7 Å². The Balaban J connectivity index is 1.96. The highest BCUT2D eigenvalue weighted by Gasteiger charge is 2.36. The topological polar surface area (TPSA) is 122 Å². The van der Waals surface area contributed by atoms with Crippen LogP contribution in [0, 0.1) is 10.1 Å². The predicted octanol–water partition coefficient (Wildman–Crippen LogP) is 4.17. The highest BCUT2D eigenvalue weighted by molar-refractivity contribution is 6.58. The fourth-order valence-electron chi connectivity index (χ4n) is 3.22. The summed E-state index contributed by atoms with van der Waals surface area (Å²) in [5, 5.41) is 25.6. The molecule has 2 heterocycles. The van der Waals surface area contributed by atoms with Crippen molar-refractivity contribution in [2.45, 2.75) is 6.36 Å². The van der Waals surface area contributed by atoms with Gasteiger partial charge in [-0.25, -0.2) is 4.99 Å². The van der Waals surface area contributed by atoms with Gasteiger partial charge in [0.1, 0.15) is 18.5 Å². The lowest BCUT2D eigenvalue weighted by Gasteiger charge is -2.09. The van der Waals surface area contributed by atoms with E-state index in [9.17, 15) is 28.4 Å². The van der Waals surface area contributed by atoms with Crippen molar-refractivity contribution >= 4 is 33.7 Å². The number of ether oxygens (including phenoxy) is 1. The average Bonchev–Trinajstić information content (AvgIpc) is 3.16. The number of fused-ring (bicyclic) bond motifs is 2. The number of aromatic amines is 1. The van der Waals surface area contributed by atoms with Crippen molar-refractivity contribution in [3.05, 3.63) is 57.6 Å². The number of hydrogen-bond donors (Lipinski definition) is 2. The molecule has 0 aliphatic carbocycles. The fourth-order valence-corrected chi connectivity index (χ4v) is 3.22. The van der Waals surface area contributed by atoms with E-state index in [-0.39, 0.29) is 27.9 Å². The highest BCUT2D eigenvalue weighted by atomic mass is 19.4. The Labute approximate surface area is 165 Å². The summed E-state index contributed by atoms with van der Waals surface area (Å²) in [6.07, 6.45) is -5.15. The molecule has 1 aliphatic rings. The zero-order chi connectivity index (χ0) is 21.6. The number of halogens is 3. The van der Waals surface area contributed by atoms with Crippen LogP contribution in [0.25, 0.3) is 10.9 Å². The Morgan fingerprint density at radius 3 is 2.67 bits per heavy atom. The van der Waals surface area contributed by atoms with Crippen LogP contribution < -0.4 is 4.74 Å². The lowest BCUT2D eigenvalue weighted by molar-refractivity contribution is -0.388. The SMILES string of the molecule is CON=C1C(c2c(O)[nH]c3cc([N+](=O)[O-])c(OC(F)(F)F)cc23)=Nc2ccccc21. The van der Waals surface area contributed by atoms with Crippen LogP contribution >= 0.6 is 0 Å². The summed E-state index contributed by atoms with van der Waals surface area (Å²) in [7, 11) is 1.30. The number of H-pyrrole nitrogens is 1. The molecule has 0 amide bonds. The van der Waals surface area contributed by atoms with Crippen molar-refractivity contribution < 1.29 is 32.8 Å². The third-order valence-electron chi connectivity index (χ3n) is 4.32. The molecule has 0 unspecified atom stereocenters. The molecule has 4 rings (SSSR count). The van der Waals surface area contributed by atoms with Gasteiger partial charge in [0.25, 0.3) is 0 Å². The first-order valence-electron chi connectivity index (χ1n) is 8.28. The van der Waals surface area contributed by atoms with Gasteiger partial charge < -0.3 is 19.7 Å². The van der Waals surface area contributed by atoms with E-state index in [1.54, 1.807) is 24.3 Å². The van der Waals surface area contributed by atoms with Crippen molar-refractivity contribution in [1.82, 2.24) is 4.98 Å². The number of benzene rings is 2. The Hall–Kier alpha value is -4.09. The second kappa shape index (κ2) is 6.76. The first-order chi connectivity index (χ1) is 14.2. The molecule has 2 aromatic carbocycles. The largest absolute Gasteiger partial charge is 0.573 e. The molecule has 0 bridgehead atoms. The molecule has 0 saturated carbocycles. The van der Waals surface area contributed by atoms with Crippen molar-refractivity contribution in [3.8, 4) is 11.6 Å². The molecule has 0 saturated heterocycles. The summed E-state index contributed by atoms with van der Waals surface area (Å²) in [6.45, 7) is 0. The number of nitrogens with one attached hydrogen (secondary N) is 1. The van der Waals surface area contributed by atoms with Gasteiger partial charge in [0.2, 0.25) is 5.75 Å². The molecule has 30 heavy (non-hydrogen) atoms. The summed E-state index contributed by atoms with van der Waals surface area (Å²) < 4.78 is 42.1. The first kappa shape index (κ1) is 19.2. The van der Waals surface area contributed by atoms with Gasteiger partial charge in [-0.05, 0) is 12.1 Å². The minimum Gasteiger partial charge on any atom is -0.494 e. The average molecular weight is 420 g/mol. The Bertz CT molecular complexity index is 1250. The third-order valence-corrected chi connectivity index (χ3v) is 4.32. The monoisotopic (exact) mass is 420 g/mol. The number of hydrogen-bond acceptors (Lipinski definition) is 7. The second-order valence-corrected chi connectivity index (χ2v) is 6.12. The van der Waals surface area contributed by atoms with Crippen LogP contribution in [-0.2, 0) is 4.84 Å². The summed E-state index contributed by atoms with van der Waals surface area (Å²) >= 11 is 0. The molecule has 0 spiro atoms. The van der Waals surface area contributed by atoms with Crippen LogP contribution in [0.3, 0.4) is 0 Å². The lowest BCUT2D eigenvalue weighted by Crippen LogP contribution is -2.18. The zero-order valence-electron chi connectivity index (χ0n) is 15.0. The second-order valence-electron chi connectivity index (χ2n) is 6.12. The summed E-state index contributed by atoms with van der Waals surface area (Å²) in [5.74, 6) is -1.49. The van der Waals surface area contributed by atoms with E-state index < -0.39 is 28.6 Å². The van der Waals surface area contributed by atoms with Gasteiger partial charge in [-0.15, -0.1) is 13.2 Å². The molecule has 2 N–H and O–H groups in total. The van der Waals surface area contributed by atoms with E-state index in [1.165, 1.54) is 7.11 Å². The van der Waals surface area contributed by atoms with Crippen molar-refractivity contribution in [2.75, 3.05) is 7.11 Å². The summed E-state index contributed by atoms with van der Waals surface area (Å²) in [4.78, 5) is 22.0. The smallest absolute Gasteiger partial charge is 0.494 e. The number of para-hydroxylation sites is 1. The predicted molar refractivity (Wildman–Crippen MR) is 99.5 cm³/mol. The van der Waals surface area contributed by atoms with Crippen LogP contribution in [0.2, 0.25) is 0 Å².